The lowest BCUT2D eigenvalue weighted by Crippen LogP contribution is -2.55. The van der Waals surface area contributed by atoms with Crippen LogP contribution in [0.2, 0.25) is 0 Å². The van der Waals surface area contributed by atoms with Crippen LogP contribution in [0.15, 0.2) is 43.1 Å². The maximum absolute atomic E-state index is 6.81. The third-order valence-corrected chi connectivity index (χ3v) is 8.59. The van der Waals surface area contributed by atoms with Gasteiger partial charge in [0.2, 0.25) is 0 Å². The molecule has 4 heteroatoms. The van der Waals surface area contributed by atoms with Crippen molar-refractivity contribution in [3.8, 4) is 5.75 Å². The Labute approximate surface area is 219 Å². The van der Waals surface area contributed by atoms with E-state index in [9.17, 15) is 0 Å². The van der Waals surface area contributed by atoms with E-state index in [0.29, 0.717) is 12.0 Å². The first-order valence-corrected chi connectivity index (χ1v) is 14.7. The van der Waals surface area contributed by atoms with Crippen LogP contribution >= 0.6 is 0 Å². The van der Waals surface area contributed by atoms with Gasteiger partial charge in [0.25, 0.3) is 0 Å². The molecule has 3 fully saturated rings. The minimum absolute atomic E-state index is 0.0646. The third kappa shape index (κ3) is 6.89. The number of rotatable bonds is 16. The number of hydrogen-bond acceptors (Lipinski definition) is 4. The summed E-state index contributed by atoms with van der Waals surface area (Å²) in [5.41, 5.74) is 2.28. The van der Waals surface area contributed by atoms with E-state index in [1.807, 2.05) is 12.3 Å². The number of pyridine rings is 1. The lowest BCUT2D eigenvalue weighted by Gasteiger charge is -2.51. The summed E-state index contributed by atoms with van der Waals surface area (Å²) in [4.78, 5) is 7.31. The molecule has 0 spiro atoms. The maximum Gasteiger partial charge on any atom is 0.119 e. The highest BCUT2D eigenvalue weighted by molar-refractivity contribution is 5.84. The monoisotopic (exact) mass is 492 g/mol. The molecule has 2 aromatic rings. The molecule has 4 heterocycles. The third-order valence-electron chi connectivity index (χ3n) is 8.59. The molecule has 1 aromatic heterocycles. The highest BCUT2D eigenvalue weighted by atomic mass is 16.5. The molecular weight excluding hydrogens is 444 g/mol. The van der Waals surface area contributed by atoms with Gasteiger partial charge in [0, 0.05) is 30.8 Å². The molecule has 0 aliphatic carbocycles. The zero-order valence-corrected chi connectivity index (χ0v) is 22.8. The van der Waals surface area contributed by atoms with Crippen LogP contribution in [0, 0.1) is 11.8 Å². The lowest BCUT2D eigenvalue weighted by atomic mass is 9.73. The summed E-state index contributed by atoms with van der Waals surface area (Å²) in [6.07, 6.45) is 20.1. The molecule has 4 nitrogen and oxygen atoms in total. The topological polar surface area (TPSA) is 34.6 Å². The van der Waals surface area contributed by atoms with Gasteiger partial charge in [-0.3, -0.25) is 9.88 Å². The zero-order valence-electron chi connectivity index (χ0n) is 22.8. The number of nitrogens with zero attached hydrogens (tertiary/aromatic N) is 2. The van der Waals surface area contributed by atoms with Crippen LogP contribution in [0.25, 0.3) is 10.9 Å². The van der Waals surface area contributed by atoms with Crippen LogP contribution < -0.4 is 4.74 Å². The van der Waals surface area contributed by atoms with Crippen molar-refractivity contribution in [3.05, 3.63) is 48.7 Å². The van der Waals surface area contributed by atoms with Gasteiger partial charge in [-0.05, 0) is 67.5 Å². The van der Waals surface area contributed by atoms with Gasteiger partial charge in [0.15, 0.2) is 0 Å². The molecule has 5 atom stereocenters. The van der Waals surface area contributed by atoms with Crippen LogP contribution in [0.1, 0.15) is 95.6 Å². The van der Waals surface area contributed by atoms with Crippen molar-refractivity contribution >= 4 is 10.9 Å². The first-order chi connectivity index (χ1) is 17.7. The van der Waals surface area contributed by atoms with Crippen LogP contribution in [0.3, 0.4) is 0 Å². The number of benzene rings is 1. The van der Waals surface area contributed by atoms with Gasteiger partial charge in [-0.1, -0.05) is 70.8 Å². The van der Waals surface area contributed by atoms with E-state index in [1.54, 1.807) is 7.11 Å². The molecule has 198 valence electrons. The molecule has 0 saturated carbocycles. The Morgan fingerprint density at radius 2 is 1.81 bits per heavy atom. The highest BCUT2D eigenvalue weighted by Gasteiger charge is 2.43. The van der Waals surface area contributed by atoms with Gasteiger partial charge in [-0.25, -0.2) is 0 Å². The van der Waals surface area contributed by atoms with E-state index in [4.69, 9.17) is 9.47 Å². The van der Waals surface area contributed by atoms with Crippen LogP contribution in [0.4, 0.5) is 0 Å². The van der Waals surface area contributed by atoms with E-state index in [2.05, 4.69) is 47.7 Å². The predicted molar refractivity (Wildman–Crippen MR) is 151 cm³/mol. The summed E-state index contributed by atoms with van der Waals surface area (Å²) in [7, 11) is 1.73. The van der Waals surface area contributed by atoms with Gasteiger partial charge >= 0.3 is 0 Å². The molecule has 0 amide bonds. The number of unbranched alkanes of at least 4 members (excludes halogenated alkanes) is 9. The van der Waals surface area contributed by atoms with Gasteiger partial charge < -0.3 is 9.47 Å². The van der Waals surface area contributed by atoms with Crippen LogP contribution in [-0.2, 0) is 4.74 Å². The summed E-state index contributed by atoms with van der Waals surface area (Å²) in [6, 6.07) is 8.80. The van der Waals surface area contributed by atoms with Crippen LogP contribution in [0.5, 0.6) is 5.75 Å². The SMILES string of the molecule is C=C[C@H]1CN2CC[C@H]1C[C@H]2[C@H](OCCCCCCCCCCCC)c1ccnc2ccc(OC)cc12. The molecule has 0 N–H and O–H groups in total. The van der Waals surface area contributed by atoms with Gasteiger partial charge in [-0.2, -0.15) is 0 Å². The first kappa shape index (κ1) is 27.1. The summed E-state index contributed by atoms with van der Waals surface area (Å²) in [6.45, 7) is 9.52. The molecule has 2 bridgehead atoms. The Bertz CT molecular complexity index is 945. The number of ether oxygens (including phenoxy) is 2. The standard InChI is InChI=1S/C32H48N2O2/c1-4-6-7-8-9-10-11-12-13-14-21-36-32(31-22-26-18-20-34(31)24-25(26)5-2)28-17-19-33-30-16-15-27(35-3)23-29(28)30/h5,15-17,19,23,25-26,31-32H,2,4,6-14,18,20-22,24H2,1,3H3/t25-,26-,31-,32+/m0/s1. The largest absolute Gasteiger partial charge is 0.497 e. The smallest absolute Gasteiger partial charge is 0.119 e. The molecule has 3 aliphatic rings. The summed E-state index contributed by atoms with van der Waals surface area (Å²) in [5.74, 6) is 2.22. The van der Waals surface area contributed by atoms with E-state index < -0.39 is 0 Å². The Hall–Kier alpha value is -1.91. The number of piperidine rings is 3. The highest BCUT2D eigenvalue weighted by Crippen LogP contribution is 2.43. The van der Waals surface area contributed by atoms with E-state index in [1.165, 1.54) is 82.7 Å². The quantitative estimate of drug-likeness (QED) is 0.175. The van der Waals surface area contributed by atoms with E-state index >= 15 is 0 Å². The van der Waals surface area contributed by atoms with Gasteiger partial charge in [0.05, 0.1) is 18.7 Å². The Morgan fingerprint density at radius 3 is 2.47 bits per heavy atom. The number of methoxy groups -OCH3 is 1. The average molecular weight is 493 g/mol. The predicted octanol–water partition coefficient (Wildman–Crippen LogP) is 8.12. The average Bonchev–Trinajstić information content (AvgIpc) is 2.93. The summed E-state index contributed by atoms with van der Waals surface area (Å²) in [5, 5.41) is 1.16. The van der Waals surface area contributed by atoms with Crippen molar-refractivity contribution in [3.63, 3.8) is 0 Å². The molecule has 5 rings (SSSR count). The zero-order chi connectivity index (χ0) is 25.2. The second-order valence-corrected chi connectivity index (χ2v) is 11.0. The number of fused-ring (bicyclic) bond motifs is 4. The van der Waals surface area contributed by atoms with Crippen molar-refractivity contribution in [2.45, 2.75) is 96.1 Å². The van der Waals surface area contributed by atoms with Crippen molar-refractivity contribution < 1.29 is 9.47 Å². The van der Waals surface area contributed by atoms with E-state index in [0.717, 1.165) is 42.1 Å². The van der Waals surface area contributed by atoms with Crippen molar-refractivity contribution in [2.75, 3.05) is 26.8 Å². The summed E-state index contributed by atoms with van der Waals surface area (Å²) < 4.78 is 12.4. The van der Waals surface area contributed by atoms with Crippen molar-refractivity contribution in [1.82, 2.24) is 9.88 Å². The summed E-state index contributed by atoms with van der Waals surface area (Å²) >= 11 is 0. The number of aromatic nitrogens is 1. The second kappa shape index (κ2) is 14.1. The molecule has 1 unspecified atom stereocenters. The Balaban J connectivity index is 1.39. The minimum Gasteiger partial charge on any atom is -0.497 e. The maximum atomic E-state index is 6.81. The van der Waals surface area contributed by atoms with Crippen molar-refractivity contribution in [2.24, 2.45) is 11.8 Å². The van der Waals surface area contributed by atoms with Crippen LogP contribution in [-0.4, -0.2) is 42.7 Å². The molecule has 3 aliphatic heterocycles. The second-order valence-electron chi connectivity index (χ2n) is 11.0. The molecule has 1 aromatic carbocycles. The van der Waals surface area contributed by atoms with E-state index in [-0.39, 0.29) is 6.10 Å². The Morgan fingerprint density at radius 1 is 1.06 bits per heavy atom. The normalized spacial score (nSPS) is 24.2. The number of hydrogen-bond donors (Lipinski definition) is 0. The fourth-order valence-electron chi connectivity index (χ4n) is 6.42. The molecule has 36 heavy (non-hydrogen) atoms. The van der Waals surface area contributed by atoms with Gasteiger partial charge in [0.1, 0.15) is 5.75 Å². The molecule has 0 radical (unpaired) electrons. The minimum atomic E-state index is 0.0646. The molecule has 3 saturated heterocycles. The first-order valence-electron chi connectivity index (χ1n) is 14.7. The Kier molecular flexibility index (Phi) is 10.7. The van der Waals surface area contributed by atoms with Gasteiger partial charge in [-0.15, -0.1) is 6.58 Å². The lowest BCUT2D eigenvalue weighted by molar-refractivity contribution is -0.0754. The fourth-order valence-corrected chi connectivity index (χ4v) is 6.42. The fraction of sp³-hybridized carbons (Fsp3) is 0.656. The molecular formula is C32H48N2O2. The van der Waals surface area contributed by atoms with Crippen molar-refractivity contribution in [1.29, 1.82) is 0 Å².